The number of rotatable bonds is 3. The number of hydrogen-bond acceptors (Lipinski definition) is 0. The van der Waals surface area contributed by atoms with Crippen molar-refractivity contribution in [2.24, 2.45) is 0 Å². The number of fused-ring (bicyclic) bond motifs is 8. The molecule has 0 aliphatic heterocycles. The Hall–Kier alpha value is -5.92. The standard InChI is InChI=1S/C46H31N/c1-2-13-34(14-3-1)47-43-21-11-10-16-37(43)38-27-25-33(29-44(38)47)46-41-19-8-6-17-39(41)45(40-18-7-9-20-42(40)46)32-24-26-36-31(28-32)23-22-30-12-4-5-15-35(30)36/h2,4-29H,1,3H2. The van der Waals surface area contributed by atoms with Crippen LogP contribution in [0.25, 0.3) is 92.8 Å². The zero-order chi connectivity index (χ0) is 30.9. The fourth-order valence-corrected chi connectivity index (χ4v) is 8.09. The number of nitrogens with zero attached hydrogens (tertiary/aromatic N) is 1. The predicted molar refractivity (Wildman–Crippen MR) is 203 cm³/mol. The van der Waals surface area contributed by atoms with E-state index in [1.54, 1.807) is 0 Å². The Balaban J connectivity index is 1.26. The Bertz CT molecular complexity index is 2730. The Labute approximate surface area is 273 Å². The van der Waals surface area contributed by atoms with Gasteiger partial charge in [-0.2, -0.15) is 0 Å². The van der Waals surface area contributed by atoms with E-state index in [-0.39, 0.29) is 0 Å². The van der Waals surface area contributed by atoms with Crippen LogP contribution in [0.1, 0.15) is 12.8 Å². The van der Waals surface area contributed by atoms with Crippen LogP contribution in [0.2, 0.25) is 0 Å². The van der Waals surface area contributed by atoms with E-state index in [0.29, 0.717) is 0 Å². The van der Waals surface area contributed by atoms with E-state index in [4.69, 9.17) is 0 Å². The van der Waals surface area contributed by atoms with E-state index in [2.05, 4.69) is 168 Å². The van der Waals surface area contributed by atoms with Gasteiger partial charge >= 0.3 is 0 Å². The van der Waals surface area contributed by atoms with Crippen molar-refractivity contribution < 1.29 is 0 Å². The predicted octanol–water partition coefficient (Wildman–Crippen LogP) is 12.9. The molecule has 0 unspecified atom stereocenters. The van der Waals surface area contributed by atoms with Gasteiger partial charge in [-0.05, 0) is 102 Å². The largest absolute Gasteiger partial charge is 0.310 e. The van der Waals surface area contributed by atoms with Crippen LogP contribution in [-0.2, 0) is 0 Å². The van der Waals surface area contributed by atoms with E-state index >= 15 is 0 Å². The summed E-state index contributed by atoms with van der Waals surface area (Å²) in [5.74, 6) is 0. The van der Waals surface area contributed by atoms with Crippen LogP contribution in [0.5, 0.6) is 0 Å². The monoisotopic (exact) mass is 597 g/mol. The SMILES string of the molecule is C1=CC(n2c3ccccc3c3ccc(-c4c5ccccc5c(-c5ccc6c(ccc7ccccc76)c5)c5ccccc45)cc32)=CCC1. The highest BCUT2D eigenvalue weighted by molar-refractivity contribution is 6.23. The summed E-state index contributed by atoms with van der Waals surface area (Å²) < 4.78 is 2.46. The molecule has 47 heavy (non-hydrogen) atoms. The third-order valence-electron chi connectivity index (χ3n) is 10.2. The number of benzene rings is 8. The summed E-state index contributed by atoms with van der Waals surface area (Å²) in [6, 6.07) is 54.1. The quantitative estimate of drug-likeness (QED) is 0.141. The molecule has 9 aromatic rings. The first-order chi connectivity index (χ1) is 23.3. The third kappa shape index (κ3) is 3.96. The van der Waals surface area contributed by atoms with Crippen LogP contribution >= 0.6 is 0 Å². The van der Waals surface area contributed by atoms with Crippen molar-refractivity contribution in [1.29, 1.82) is 0 Å². The highest BCUT2D eigenvalue weighted by atomic mass is 15.0. The van der Waals surface area contributed by atoms with Gasteiger partial charge in [0.1, 0.15) is 0 Å². The molecule has 0 amide bonds. The first-order valence-corrected chi connectivity index (χ1v) is 16.6. The first kappa shape index (κ1) is 26.3. The van der Waals surface area contributed by atoms with Crippen molar-refractivity contribution in [1.82, 2.24) is 4.57 Å². The van der Waals surface area contributed by atoms with Crippen molar-refractivity contribution in [3.05, 3.63) is 164 Å². The lowest BCUT2D eigenvalue weighted by Gasteiger charge is -2.18. The molecule has 10 rings (SSSR count). The smallest absolute Gasteiger partial charge is 0.0547 e. The molecule has 1 heterocycles. The molecule has 1 nitrogen and oxygen atoms in total. The van der Waals surface area contributed by atoms with E-state index in [1.165, 1.54) is 92.8 Å². The summed E-state index contributed by atoms with van der Waals surface area (Å²) in [6.07, 6.45) is 9.14. The van der Waals surface area contributed by atoms with Crippen molar-refractivity contribution in [2.45, 2.75) is 12.8 Å². The number of hydrogen-bond donors (Lipinski definition) is 0. The molecule has 0 N–H and O–H groups in total. The molecule has 0 fully saturated rings. The zero-order valence-corrected chi connectivity index (χ0v) is 25.9. The number of aromatic nitrogens is 1. The molecular formula is C46H31N. The summed E-state index contributed by atoms with van der Waals surface area (Å²) >= 11 is 0. The fourth-order valence-electron chi connectivity index (χ4n) is 8.09. The maximum atomic E-state index is 2.46. The van der Waals surface area contributed by atoms with E-state index in [0.717, 1.165) is 12.8 Å². The minimum Gasteiger partial charge on any atom is -0.310 e. The molecule has 1 aliphatic carbocycles. The second kappa shape index (κ2) is 10.3. The second-order valence-electron chi connectivity index (χ2n) is 12.8. The maximum Gasteiger partial charge on any atom is 0.0547 e. The first-order valence-electron chi connectivity index (χ1n) is 16.6. The molecule has 0 bridgehead atoms. The highest BCUT2D eigenvalue weighted by Crippen LogP contribution is 2.45. The number of allylic oxidation sites excluding steroid dienone is 4. The van der Waals surface area contributed by atoms with E-state index < -0.39 is 0 Å². The molecule has 1 aliphatic rings. The summed E-state index contributed by atoms with van der Waals surface area (Å²) in [5.41, 5.74) is 8.84. The molecule has 0 atom stereocenters. The molecule has 1 aromatic heterocycles. The Morgan fingerprint density at radius 1 is 0.383 bits per heavy atom. The number of para-hydroxylation sites is 1. The molecule has 1 heteroatoms. The molecule has 0 radical (unpaired) electrons. The summed E-state index contributed by atoms with van der Waals surface area (Å²) in [4.78, 5) is 0. The Morgan fingerprint density at radius 2 is 0.915 bits per heavy atom. The summed E-state index contributed by atoms with van der Waals surface area (Å²) in [6.45, 7) is 0. The lowest BCUT2D eigenvalue weighted by Crippen LogP contribution is -1.97. The second-order valence-corrected chi connectivity index (χ2v) is 12.8. The molecular weight excluding hydrogens is 567 g/mol. The van der Waals surface area contributed by atoms with Gasteiger partial charge in [-0.1, -0.05) is 140 Å². The summed E-state index contributed by atoms with van der Waals surface area (Å²) in [7, 11) is 0. The summed E-state index contributed by atoms with van der Waals surface area (Å²) in [5, 5.41) is 12.8. The van der Waals surface area contributed by atoms with Gasteiger partial charge in [0.2, 0.25) is 0 Å². The van der Waals surface area contributed by atoms with Crippen LogP contribution in [0.15, 0.2) is 164 Å². The zero-order valence-electron chi connectivity index (χ0n) is 25.9. The van der Waals surface area contributed by atoms with Gasteiger partial charge in [0, 0.05) is 16.5 Å². The lowest BCUT2D eigenvalue weighted by molar-refractivity contribution is 1.02. The topological polar surface area (TPSA) is 4.93 Å². The minimum atomic E-state index is 1.07. The minimum absolute atomic E-state index is 1.07. The van der Waals surface area contributed by atoms with Crippen molar-refractivity contribution in [2.75, 3.05) is 0 Å². The molecule has 0 spiro atoms. The van der Waals surface area contributed by atoms with Crippen molar-refractivity contribution >= 4 is 70.6 Å². The average molecular weight is 598 g/mol. The molecule has 220 valence electrons. The Morgan fingerprint density at radius 3 is 1.60 bits per heavy atom. The molecule has 8 aromatic carbocycles. The lowest BCUT2D eigenvalue weighted by atomic mass is 9.85. The molecule has 0 saturated carbocycles. The van der Waals surface area contributed by atoms with Gasteiger partial charge in [0.25, 0.3) is 0 Å². The fraction of sp³-hybridized carbons (Fsp3) is 0.0435. The Kier molecular flexibility index (Phi) is 5.77. The van der Waals surface area contributed by atoms with Gasteiger partial charge < -0.3 is 4.57 Å². The van der Waals surface area contributed by atoms with Gasteiger partial charge in [-0.15, -0.1) is 0 Å². The van der Waals surface area contributed by atoms with Crippen LogP contribution in [-0.4, -0.2) is 4.57 Å². The van der Waals surface area contributed by atoms with Gasteiger partial charge in [-0.25, -0.2) is 0 Å². The van der Waals surface area contributed by atoms with Crippen LogP contribution in [0.4, 0.5) is 0 Å². The van der Waals surface area contributed by atoms with Crippen LogP contribution in [0.3, 0.4) is 0 Å². The van der Waals surface area contributed by atoms with Crippen molar-refractivity contribution in [3.8, 4) is 22.3 Å². The molecule has 0 saturated heterocycles. The van der Waals surface area contributed by atoms with Crippen molar-refractivity contribution in [3.63, 3.8) is 0 Å². The van der Waals surface area contributed by atoms with Crippen LogP contribution < -0.4 is 0 Å². The maximum absolute atomic E-state index is 2.46. The van der Waals surface area contributed by atoms with E-state index in [9.17, 15) is 0 Å². The normalized spacial score (nSPS) is 13.4. The third-order valence-corrected chi connectivity index (χ3v) is 10.2. The van der Waals surface area contributed by atoms with Gasteiger partial charge in [0.05, 0.1) is 11.0 Å². The average Bonchev–Trinajstić information content (AvgIpc) is 3.47. The van der Waals surface area contributed by atoms with Gasteiger partial charge in [-0.3, -0.25) is 0 Å². The van der Waals surface area contributed by atoms with Gasteiger partial charge in [0.15, 0.2) is 0 Å². The highest BCUT2D eigenvalue weighted by Gasteiger charge is 2.19. The van der Waals surface area contributed by atoms with Crippen LogP contribution in [0, 0.1) is 0 Å². The van der Waals surface area contributed by atoms with E-state index in [1.807, 2.05) is 0 Å².